The lowest BCUT2D eigenvalue weighted by Crippen LogP contribution is -2.45. The highest BCUT2D eigenvalue weighted by molar-refractivity contribution is 6.67. The molecule has 0 saturated heterocycles. The fraction of sp³-hybridized carbons (Fsp3) is 1.00. The van der Waals surface area contributed by atoms with E-state index in [9.17, 15) is 0 Å². The second-order valence-electron chi connectivity index (χ2n) is 5.26. The Morgan fingerprint density at radius 1 is 0.933 bits per heavy atom. The normalized spacial score (nSPS) is 13.2. The van der Waals surface area contributed by atoms with Gasteiger partial charge in [-0.25, -0.2) is 0 Å². The predicted molar refractivity (Wildman–Crippen MR) is 68.4 cm³/mol. The van der Waals surface area contributed by atoms with Crippen LogP contribution >= 0.6 is 0 Å². The monoisotopic (exact) mass is 232 g/mol. The third kappa shape index (κ3) is 6.33. The van der Waals surface area contributed by atoms with Crippen molar-refractivity contribution < 1.29 is 8.85 Å². The van der Waals surface area contributed by atoms with E-state index in [0.29, 0.717) is 5.41 Å². The van der Waals surface area contributed by atoms with Gasteiger partial charge in [0.05, 0.1) is 0 Å². The lowest BCUT2D eigenvalue weighted by Gasteiger charge is -2.35. The summed E-state index contributed by atoms with van der Waals surface area (Å²) in [5.41, 5.74) is 0.297. The summed E-state index contributed by atoms with van der Waals surface area (Å²) >= 11 is 0. The molecule has 3 heteroatoms. The summed E-state index contributed by atoms with van der Waals surface area (Å²) in [6.45, 7) is 14.7. The van der Waals surface area contributed by atoms with E-state index in [1.165, 1.54) is 0 Å². The second-order valence-corrected chi connectivity index (χ2v) is 8.52. The third-order valence-electron chi connectivity index (χ3n) is 2.25. The average Bonchev–Trinajstić information content (AvgIpc) is 2.01. The summed E-state index contributed by atoms with van der Waals surface area (Å²) in [6.07, 6.45) is 1.16. The molecule has 0 aromatic rings. The molecule has 2 nitrogen and oxygen atoms in total. The molecule has 92 valence electrons. The summed E-state index contributed by atoms with van der Waals surface area (Å²) in [7, 11) is -1.93. The molecule has 0 fully saturated rings. The van der Waals surface area contributed by atoms with Gasteiger partial charge < -0.3 is 8.85 Å². The molecule has 0 rings (SSSR count). The van der Waals surface area contributed by atoms with Crippen molar-refractivity contribution in [2.45, 2.75) is 60.1 Å². The zero-order valence-corrected chi connectivity index (χ0v) is 12.4. The largest absolute Gasteiger partial charge is 0.394 e. The molecule has 0 unspecified atom stereocenters. The Labute approximate surface area is 96.6 Å². The maximum atomic E-state index is 6.00. The van der Waals surface area contributed by atoms with E-state index >= 15 is 0 Å². The van der Waals surface area contributed by atoms with Crippen LogP contribution in [0.2, 0.25) is 12.1 Å². The Bertz CT molecular complexity index is 146. The summed E-state index contributed by atoms with van der Waals surface area (Å²) in [4.78, 5) is 0. The van der Waals surface area contributed by atoms with E-state index in [1.54, 1.807) is 0 Å². The molecule has 15 heavy (non-hydrogen) atoms. The first kappa shape index (κ1) is 15.1. The van der Waals surface area contributed by atoms with Crippen LogP contribution in [0.25, 0.3) is 0 Å². The van der Waals surface area contributed by atoms with Crippen LogP contribution in [0.4, 0.5) is 0 Å². The van der Waals surface area contributed by atoms with Gasteiger partial charge in [-0.3, -0.25) is 0 Å². The molecule has 0 aromatic carbocycles. The minimum absolute atomic E-state index is 0.297. The summed E-state index contributed by atoms with van der Waals surface area (Å²) in [5.74, 6) is 0. The maximum absolute atomic E-state index is 6.00. The molecule has 0 atom stereocenters. The van der Waals surface area contributed by atoms with Crippen LogP contribution in [-0.2, 0) is 8.85 Å². The molecule has 0 aliphatic rings. The van der Waals surface area contributed by atoms with Gasteiger partial charge in [-0.2, -0.15) is 0 Å². The van der Waals surface area contributed by atoms with Crippen LogP contribution in [0.3, 0.4) is 0 Å². The minimum Gasteiger partial charge on any atom is -0.394 e. The Balaban J connectivity index is 4.60. The summed E-state index contributed by atoms with van der Waals surface area (Å²) < 4.78 is 12.0. The zero-order valence-electron chi connectivity index (χ0n) is 11.4. The number of hydrogen-bond acceptors (Lipinski definition) is 2. The standard InChI is InChI=1S/C12H28O2Si/c1-7-10-15(13-8-2,14-9-3)11-12(4,5)6/h7-11H2,1-6H3. The van der Waals surface area contributed by atoms with Crippen molar-refractivity contribution in [3.05, 3.63) is 0 Å². The molecule has 0 aliphatic carbocycles. The molecule has 0 bridgehead atoms. The Kier molecular flexibility index (Phi) is 6.72. The first-order chi connectivity index (χ1) is 6.89. The lowest BCUT2D eigenvalue weighted by molar-refractivity contribution is 0.170. The van der Waals surface area contributed by atoms with Crippen LogP contribution in [0.5, 0.6) is 0 Å². The quantitative estimate of drug-likeness (QED) is 0.619. The van der Waals surface area contributed by atoms with E-state index in [-0.39, 0.29) is 0 Å². The Morgan fingerprint density at radius 2 is 1.40 bits per heavy atom. The lowest BCUT2D eigenvalue weighted by atomic mass is 10.0. The highest BCUT2D eigenvalue weighted by Gasteiger charge is 2.39. The van der Waals surface area contributed by atoms with Crippen molar-refractivity contribution in [1.29, 1.82) is 0 Å². The van der Waals surface area contributed by atoms with Crippen LogP contribution in [0.1, 0.15) is 48.0 Å². The van der Waals surface area contributed by atoms with Gasteiger partial charge in [-0.05, 0) is 31.4 Å². The molecule has 0 aromatic heterocycles. The third-order valence-corrected chi connectivity index (χ3v) is 6.74. The van der Waals surface area contributed by atoms with Crippen molar-refractivity contribution in [2.24, 2.45) is 5.41 Å². The number of rotatable bonds is 7. The maximum Gasteiger partial charge on any atom is 0.338 e. The van der Waals surface area contributed by atoms with E-state index in [0.717, 1.165) is 31.7 Å². The predicted octanol–water partition coefficient (Wildman–Crippen LogP) is 3.96. The van der Waals surface area contributed by atoms with Crippen molar-refractivity contribution in [1.82, 2.24) is 0 Å². The minimum atomic E-state index is -1.93. The van der Waals surface area contributed by atoms with Gasteiger partial charge in [0.15, 0.2) is 0 Å². The van der Waals surface area contributed by atoms with Crippen molar-refractivity contribution in [3.8, 4) is 0 Å². The van der Waals surface area contributed by atoms with Crippen LogP contribution in [-0.4, -0.2) is 21.8 Å². The molecule has 0 heterocycles. The van der Waals surface area contributed by atoms with Gasteiger partial charge in [0.1, 0.15) is 0 Å². The zero-order chi connectivity index (χ0) is 11.9. The summed E-state index contributed by atoms with van der Waals surface area (Å²) in [5, 5.41) is 0. The van der Waals surface area contributed by atoms with Crippen molar-refractivity contribution in [2.75, 3.05) is 13.2 Å². The molecular formula is C12H28O2Si. The highest BCUT2D eigenvalue weighted by Crippen LogP contribution is 2.32. The van der Waals surface area contributed by atoms with Gasteiger partial charge in [-0.1, -0.05) is 34.1 Å². The van der Waals surface area contributed by atoms with Crippen molar-refractivity contribution >= 4 is 8.56 Å². The first-order valence-corrected chi connectivity index (χ1v) is 8.40. The fourth-order valence-corrected chi connectivity index (χ4v) is 6.27. The SMILES string of the molecule is CCC[Si](CC(C)(C)C)(OCC)OCC. The van der Waals surface area contributed by atoms with E-state index in [2.05, 4.69) is 41.5 Å². The van der Waals surface area contributed by atoms with Gasteiger partial charge >= 0.3 is 8.56 Å². The van der Waals surface area contributed by atoms with Crippen LogP contribution < -0.4 is 0 Å². The van der Waals surface area contributed by atoms with Crippen molar-refractivity contribution in [3.63, 3.8) is 0 Å². The topological polar surface area (TPSA) is 18.5 Å². The second kappa shape index (κ2) is 6.66. The average molecular weight is 232 g/mol. The Hall–Kier alpha value is 0.137. The van der Waals surface area contributed by atoms with Crippen LogP contribution in [0, 0.1) is 5.41 Å². The van der Waals surface area contributed by atoms with E-state index < -0.39 is 8.56 Å². The number of hydrogen-bond donors (Lipinski definition) is 0. The fourth-order valence-electron chi connectivity index (χ4n) is 2.09. The molecule has 0 spiro atoms. The highest BCUT2D eigenvalue weighted by atomic mass is 28.4. The van der Waals surface area contributed by atoms with Gasteiger partial charge in [-0.15, -0.1) is 0 Å². The molecular weight excluding hydrogens is 204 g/mol. The van der Waals surface area contributed by atoms with E-state index in [1.807, 2.05) is 0 Å². The molecule has 0 aliphatic heterocycles. The molecule has 0 N–H and O–H groups in total. The first-order valence-electron chi connectivity index (χ1n) is 6.17. The van der Waals surface area contributed by atoms with Gasteiger partial charge in [0, 0.05) is 13.2 Å². The molecule has 0 radical (unpaired) electrons. The smallest absolute Gasteiger partial charge is 0.338 e. The molecule has 0 amide bonds. The van der Waals surface area contributed by atoms with Gasteiger partial charge in [0.2, 0.25) is 0 Å². The van der Waals surface area contributed by atoms with Gasteiger partial charge in [0.25, 0.3) is 0 Å². The summed E-state index contributed by atoms with van der Waals surface area (Å²) in [6, 6.07) is 2.21. The van der Waals surface area contributed by atoms with E-state index in [4.69, 9.17) is 8.85 Å². The molecule has 0 saturated carbocycles. The Morgan fingerprint density at radius 3 is 1.67 bits per heavy atom. The van der Waals surface area contributed by atoms with Crippen LogP contribution in [0.15, 0.2) is 0 Å².